The third-order valence-corrected chi connectivity index (χ3v) is 5.94. The minimum absolute atomic E-state index is 0.161. The van der Waals surface area contributed by atoms with E-state index in [2.05, 4.69) is 31.2 Å². The molecule has 3 N–H and O–H groups in total. The molecule has 8 nitrogen and oxygen atoms in total. The molecule has 2 heterocycles. The molecular weight excluding hydrogens is 382 g/mol. The third-order valence-electron chi connectivity index (χ3n) is 5.94. The van der Waals surface area contributed by atoms with Crippen molar-refractivity contribution in [3.05, 3.63) is 56.4 Å². The molecule has 1 aliphatic carbocycles. The second-order valence-corrected chi connectivity index (χ2v) is 8.34. The van der Waals surface area contributed by atoms with Gasteiger partial charge in [0.15, 0.2) is 0 Å². The van der Waals surface area contributed by atoms with Crippen LogP contribution in [0.25, 0.3) is 0 Å². The first-order chi connectivity index (χ1) is 14.5. The predicted octanol–water partition coefficient (Wildman–Crippen LogP) is 1.47. The Labute approximate surface area is 175 Å². The number of aromatic nitrogens is 2. The number of carbonyl (C=O) groups excluding carboxylic acids is 1. The highest BCUT2D eigenvalue weighted by Gasteiger charge is 2.26. The largest absolute Gasteiger partial charge is 0.369 e. The summed E-state index contributed by atoms with van der Waals surface area (Å²) in [7, 11) is 0. The quantitative estimate of drug-likeness (QED) is 0.641. The van der Waals surface area contributed by atoms with Gasteiger partial charge < -0.3 is 15.2 Å². The minimum Gasteiger partial charge on any atom is -0.369 e. The Morgan fingerprint density at radius 2 is 1.90 bits per heavy atom. The van der Waals surface area contributed by atoms with Gasteiger partial charge in [-0.15, -0.1) is 0 Å². The van der Waals surface area contributed by atoms with E-state index >= 15 is 0 Å². The lowest BCUT2D eigenvalue weighted by molar-refractivity contribution is -0.116. The number of hydrogen-bond acceptors (Lipinski definition) is 5. The summed E-state index contributed by atoms with van der Waals surface area (Å²) < 4.78 is 0. The first-order valence-corrected chi connectivity index (χ1v) is 10.7. The van der Waals surface area contributed by atoms with Crippen molar-refractivity contribution in [2.75, 3.05) is 42.9 Å². The van der Waals surface area contributed by atoms with Gasteiger partial charge in [-0.1, -0.05) is 6.07 Å². The molecule has 1 saturated carbocycles. The summed E-state index contributed by atoms with van der Waals surface area (Å²) in [5, 5.41) is 2.92. The van der Waals surface area contributed by atoms with E-state index in [1.54, 1.807) is 6.92 Å². The van der Waals surface area contributed by atoms with Crippen molar-refractivity contribution >= 4 is 17.3 Å². The van der Waals surface area contributed by atoms with Crippen LogP contribution in [0.5, 0.6) is 0 Å². The van der Waals surface area contributed by atoms with Crippen LogP contribution in [-0.4, -0.2) is 53.5 Å². The fourth-order valence-corrected chi connectivity index (χ4v) is 4.02. The van der Waals surface area contributed by atoms with E-state index in [-0.39, 0.29) is 18.7 Å². The highest BCUT2D eigenvalue weighted by molar-refractivity contribution is 5.91. The lowest BCUT2D eigenvalue weighted by Crippen LogP contribution is -2.47. The maximum atomic E-state index is 12.4. The highest BCUT2D eigenvalue weighted by atomic mass is 16.2. The monoisotopic (exact) mass is 411 g/mol. The summed E-state index contributed by atoms with van der Waals surface area (Å²) in [5.41, 5.74) is 1.83. The van der Waals surface area contributed by atoms with E-state index in [1.165, 1.54) is 19.4 Å². The Hall–Kier alpha value is -2.87. The van der Waals surface area contributed by atoms with E-state index in [9.17, 15) is 14.4 Å². The number of aromatic amines is 2. The normalized spacial score (nSPS) is 17.2. The number of H-pyrrole nitrogens is 2. The number of rotatable bonds is 7. The minimum atomic E-state index is -0.532. The zero-order chi connectivity index (χ0) is 21.1. The van der Waals surface area contributed by atoms with Crippen molar-refractivity contribution in [2.24, 2.45) is 5.92 Å². The number of aryl methyl sites for hydroxylation is 1. The standard InChI is InChI=1S/C22H29N5O3/c1-15-19(21(29)25-22(30)23-15)7-8-20(28)24-17-3-2-4-18(13-17)27-11-9-26(10-12-27)14-16-5-6-16/h2-4,13,16H,5-12,14H2,1H3,(H,24,28)(H2,23,25,29,30). The smallest absolute Gasteiger partial charge is 0.325 e. The zero-order valence-electron chi connectivity index (χ0n) is 17.4. The average Bonchev–Trinajstić information content (AvgIpc) is 3.52. The summed E-state index contributed by atoms with van der Waals surface area (Å²) in [6.45, 7) is 7.07. The van der Waals surface area contributed by atoms with Gasteiger partial charge >= 0.3 is 5.69 Å². The Bertz CT molecular complexity index is 1020. The van der Waals surface area contributed by atoms with E-state index in [1.807, 2.05) is 18.2 Å². The molecule has 4 rings (SSSR count). The molecule has 30 heavy (non-hydrogen) atoms. The number of hydrogen-bond donors (Lipinski definition) is 3. The van der Waals surface area contributed by atoms with Gasteiger partial charge in [-0.05, 0) is 50.3 Å². The summed E-state index contributed by atoms with van der Waals surface area (Å²) in [6.07, 6.45) is 3.21. The van der Waals surface area contributed by atoms with E-state index in [0.29, 0.717) is 11.3 Å². The molecule has 0 bridgehead atoms. The Morgan fingerprint density at radius 1 is 1.13 bits per heavy atom. The number of anilines is 2. The molecule has 1 aliphatic heterocycles. The van der Waals surface area contributed by atoms with Crippen LogP contribution in [0.4, 0.5) is 11.4 Å². The van der Waals surface area contributed by atoms with Crippen LogP contribution in [0.1, 0.15) is 30.5 Å². The Balaban J connectivity index is 1.31. The van der Waals surface area contributed by atoms with Gasteiger partial charge in [-0.2, -0.15) is 0 Å². The fourth-order valence-electron chi connectivity index (χ4n) is 4.02. The third kappa shape index (κ3) is 5.18. The van der Waals surface area contributed by atoms with Crippen LogP contribution in [0.2, 0.25) is 0 Å². The van der Waals surface area contributed by atoms with E-state index < -0.39 is 11.2 Å². The van der Waals surface area contributed by atoms with Crippen LogP contribution in [0, 0.1) is 12.8 Å². The van der Waals surface area contributed by atoms with Gasteiger partial charge in [0.05, 0.1) is 0 Å². The molecule has 0 unspecified atom stereocenters. The molecule has 2 aromatic rings. The average molecular weight is 412 g/mol. The molecular formula is C22H29N5O3. The topological polar surface area (TPSA) is 101 Å². The van der Waals surface area contributed by atoms with Crippen LogP contribution in [0.15, 0.2) is 33.9 Å². The van der Waals surface area contributed by atoms with Crippen molar-refractivity contribution in [2.45, 2.75) is 32.6 Å². The summed E-state index contributed by atoms with van der Waals surface area (Å²) in [5.74, 6) is 0.761. The lowest BCUT2D eigenvalue weighted by atomic mass is 10.1. The van der Waals surface area contributed by atoms with E-state index in [4.69, 9.17) is 0 Å². The Kier molecular flexibility index (Phi) is 6.03. The van der Waals surface area contributed by atoms with Crippen molar-refractivity contribution in [1.29, 1.82) is 0 Å². The molecule has 0 atom stereocenters. The molecule has 1 aromatic carbocycles. The van der Waals surface area contributed by atoms with Crippen molar-refractivity contribution < 1.29 is 4.79 Å². The molecule has 0 radical (unpaired) electrons. The maximum Gasteiger partial charge on any atom is 0.325 e. The molecule has 0 spiro atoms. The zero-order valence-corrected chi connectivity index (χ0v) is 17.4. The molecule has 8 heteroatoms. The maximum absolute atomic E-state index is 12.4. The first kappa shape index (κ1) is 20.4. The van der Waals surface area contributed by atoms with Crippen molar-refractivity contribution in [3.8, 4) is 0 Å². The van der Waals surface area contributed by atoms with Gasteiger partial charge in [-0.25, -0.2) is 4.79 Å². The number of nitrogens with one attached hydrogen (secondary N) is 3. The molecule has 1 amide bonds. The SMILES string of the molecule is Cc1[nH]c(=O)[nH]c(=O)c1CCC(=O)Nc1cccc(N2CCN(CC3CC3)CC2)c1. The molecule has 1 saturated heterocycles. The van der Waals surface area contributed by atoms with Crippen LogP contribution >= 0.6 is 0 Å². The summed E-state index contributed by atoms with van der Waals surface area (Å²) >= 11 is 0. The van der Waals surface area contributed by atoms with Gasteiger partial charge in [-0.3, -0.25) is 19.5 Å². The second-order valence-electron chi connectivity index (χ2n) is 8.34. The number of carbonyl (C=O) groups is 1. The molecule has 2 aliphatic rings. The molecule has 160 valence electrons. The number of benzene rings is 1. The highest BCUT2D eigenvalue weighted by Crippen LogP contribution is 2.30. The van der Waals surface area contributed by atoms with Crippen molar-refractivity contribution in [1.82, 2.24) is 14.9 Å². The summed E-state index contributed by atoms with van der Waals surface area (Å²) in [4.78, 5) is 45.3. The number of piperazine rings is 1. The number of nitrogens with zero attached hydrogens (tertiary/aromatic N) is 2. The van der Waals surface area contributed by atoms with Gasteiger partial charge in [0.1, 0.15) is 0 Å². The Morgan fingerprint density at radius 3 is 2.60 bits per heavy atom. The molecule has 2 fully saturated rings. The van der Waals surface area contributed by atoms with Crippen LogP contribution in [-0.2, 0) is 11.2 Å². The summed E-state index contributed by atoms with van der Waals surface area (Å²) in [6, 6.07) is 7.92. The van der Waals surface area contributed by atoms with E-state index in [0.717, 1.165) is 43.5 Å². The molecule has 1 aromatic heterocycles. The van der Waals surface area contributed by atoms with Gasteiger partial charge in [0, 0.05) is 61.8 Å². The first-order valence-electron chi connectivity index (χ1n) is 10.7. The van der Waals surface area contributed by atoms with Gasteiger partial charge in [0.2, 0.25) is 5.91 Å². The van der Waals surface area contributed by atoms with Gasteiger partial charge in [0.25, 0.3) is 5.56 Å². The predicted molar refractivity (Wildman–Crippen MR) is 117 cm³/mol. The second kappa shape index (κ2) is 8.87. The van der Waals surface area contributed by atoms with Crippen molar-refractivity contribution in [3.63, 3.8) is 0 Å². The van der Waals surface area contributed by atoms with Crippen LogP contribution < -0.4 is 21.5 Å². The lowest BCUT2D eigenvalue weighted by Gasteiger charge is -2.36. The number of amides is 1. The van der Waals surface area contributed by atoms with Crippen LogP contribution in [0.3, 0.4) is 0 Å². The fraction of sp³-hybridized carbons (Fsp3) is 0.500.